The molecular formula is C13H16ClFN2O. The van der Waals surface area contributed by atoms with E-state index in [2.05, 4.69) is 5.32 Å². The van der Waals surface area contributed by atoms with Gasteiger partial charge in [-0.3, -0.25) is 4.79 Å². The van der Waals surface area contributed by atoms with Gasteiger partial charge in [0, 0.05) is 19.6 Å². The second-order valence-corrected chi connectivity index (χ2v) is 4.78. The second-order valence-electron chi connectivity index (χ2n) is 4.40. The van der Waals surface area contributed by atoms with Gasteiger partial charge in [0.05, 0.1) is 11.6 Å². The first-order valence-electron chi connectivity index (χ1n) is 6.10. The highest BCUT2D eigenvalue weighted by Gasteiger charge is 2.17. The molecule has 18 heavy (non-hydrogen) atoms. The Morgan fingerprint density at radius 2 is 2.11 bits per heavy atom. The average Bonchev–Trinajstić information content (AvgIpc) is 2.88. The van der Waals surface area contributed by atoms with E-state index in [0.29, 0.717) is 12.1 Å². The Morgan fingerprint density at radius 1 is 1.39 bits per heavy atom. The molecule has 1 heterocycles. The van der Waals surface area contributed by atoms with Crippen molar-refractivity contribution in [1.82, 2.24) is 10.2 Å². The molecule has 1 N–H and O–H groups in total. The van der Waals surface area contributed by atoms with Crippen LogP contribution in [0.3, 0.4) is 0 Å². The predicted molar refractivity (Wildman–Crippen MR) is 68.9 cm³/mol. The SMILES string of the molecule is O=C(CNCc1cccc(F)c1Cl)N1CCCC1. The molecule has 1 aliphatic heterocycles. The van der Waals surface area contributed by atoms with Crippen LogP contribution in [0.2, 0.25) is 5.02 Å². The Bertz CT molecular complexity index is 433. The number of hydrogen-bond donors (Lipinski definition) is 1. The van der Waals surface area contributed by atoms with Crippen molar-refractivity contribution in [2.24, 2.45) is 0 Å². The maximum Gasteiger partial charge on any atom is 0.236 e. The second kappa shape index (κ2) is 6.16. The van der Waals surface area contributed by atoms with Crippen LogP contribution in [0.1, 0.15) is 18.4 Å². The summed E-state index contributed by atoms with van der Waals surface area (Å²) in [5.41, 5.74) is 0.672. The highest BCUT2D eigenvalue weighted by molar-refractivity contribution is 6.31. The molecular weight excluding hydrogens is 255 g/mol. The van der Waals surface area contributed by atoms with E-state index in [4.69, 9.17) is 11.6 Å². The molecule has 1 aromatic rings. The molecule has 0 aliphatic carbocycles. The number of halogens is 2. The Kier molecular flexibility index (Phi) is 4.55. The number of nitrogens with zero attached hydrogens (tertiary/aromatic N) is 1. The first-order valence-corrected chi connectivity index (χ1v) is 6.47. The van der Waals surface area contributed by atoms with E-state index in [1.165, 1.54) is 6.07 Å². The minimum atomic E-state index is -0.429. The fourth-order valence-corrected chi connectivity index (χ4v) is 2.26. The molecule has 0 saturated carbocycles. The molecule has 0 aromatic heterocycles. The van der Waals surface area contributed by atoms with Gasteiger partial charge in [-0.25, -0.2) is 4.39 Å². The minimum Gasteiger partial charge on any atom is -0.342 e. The molecule has 1 aliphatic rings. The fourth-order valence-electron chi connectivity index (χ4n) is 2.07. The molecule has 2 rings (SSSR count). The summed E-state index contributed by atoms with van der Waals surface area (Å²) in [7, 11) is 0. The lowest BCUT2D eigenvalue weighted by atomic mass is 10.2. The third-order valence-corrected chi connectivity index (χ3v) is 3.51. The van der Waals surface area contributed by atoms with Crippen molar-refractivity contribution in [3.63, 3.8) is 0 Å². The van der Waals surface area contributed by atoms with E-state index in [0.717, 1.165) is 25.9 Å². The van der Waals surface area contributed by atoms with Gasteiger partial charge in [-0.15, -0.1) is 0 Å². The van der Waals surface area contributed by atoms with Crippen LogP contribution in [0.15, 0.2) is 18.2 Å². The molecule has 5 heteroatoms. The molecule has 0 atom stereocenters. The number of nitrogens with one attached hydrogen (secondary N) is 1. The van der Waals surface area contributed by atoms with Crippen LogP contribution >= 0.6 is 11.6 Å². The molecule has 0 bridgehead atoms. The van der Waals surface area contributed by atoms with E-state index in [9.17, 15) is 9.18 Å². The van der Waals surface area contributed by atoms with Crippen molar-refractivity contribution >= 4 is 17.5 Å². The van der Waals surface area contributed by atoms with Crippen molar-refractivity contribution in [1.29, 1.82) is 0 Å². The normalized spacial score (nSPS) is 15.1. The van der Waals surface area contributed by atoms with E-state index in [1.807, 2.05) is 4.90 Å². The minimum absolute atomic E-state index is 0.0972. The zero-order valence-electron chi connectivity index (χ0n) is 10.1. The topological polar surface area (TPSA) is 32.3 Å². The van der Waals surface area contributed by atoms with Crippen molar-refractivity contribution in [3.8, 4) is 0 Å². The fraction of sp³-hybridized carbons (Fsp3) is 0.462. The molecule has 1 amide bonds. The largest absolute Gasteiger partial charge is 0.342 e. The number of rotatable bonds is 4. The Hall–Kier alpha value is -1.13. The van der Waals surface area contributed by atoms with Crippen molar-refractivity contribution in [2.75, 3.05) is 19.6 Å². The zero-order chi connectivity index (χ0) is 13.0. The standard InChI is InChI=1S/C13H16ClFN2O/c14-13-10(4-3-5-11(13)15)8-16-9-12(18)17-6-1-2-7-17/h3-5,16H,1-2,6-9H2. The van der Waals surface area contributed by atoms with Crippen LogP contribution in [0.25, 0.3) is 0 Å². The molecule has 0 spiro atoms. The van der Waals surface area contributed by atoms with Crippen LogP contribution in [0.4, 0.5) is 4.39 Å². The number of likely N-dealkylation sites (tertiary alicyclic amines) is 1. The summed E-state index contributed by atoms with van der Waals surface area (Å²) in [6.07, 6.45) is 2.17. The van der Waals surface area contributed by atoms with Crippen LogP contribution in [0, 0.1) is 5.82 Å². The predicted octanol–water partition coefficient (Wildman–Crippen LogP) is 2.19. The number of hydrogen-bond acceptors (Lipinski definition) is 2. The molecule has 1 saturated heterocycles. The number of carbonyl (C=O) groups excluding carboxylic acids is 1. The van der Waals surface area contributed by atoms with Gasteiger partial charge in [0.1, 0.15) is 5.82 Å². The van der Waals surface area contributed by atoms with Crippen molar-refractivity contribution < 1.29 is 9.18 Å². The van der Waals surface area contributed by atoms with E-state index in [1.54, 1.807) is 12.1 Å². The van der Waals surface area contributed by atoms with Gasteiger partial charge < -0.3 is 10.2 Å². The average molecular weight is 271 g/mol. The molecule has 0 unspecified atom stereocenters. The summed E-state index contributed by atoms with van der Waals surface area (Å²) in [6, 6.07) is 4.68. The zero-order valence-corrected chi connectivity index (χ0v) is 10.8. The molecule has 1 aromatic carbocycles. The van der Waals surface area contributed by atoms with Crippen LogP contribution in [-0.2, 0) is 11.3 Å². The lowest BCUT2D eigenvalue weighted by Crippen LogP contribution is -2.36. The summed E-state index contributed by atoms with van der Waals surface area (Å²) in [4.78, 5) is 13.6. The lowest BCUT2D eigenvalue weighted by Gasteiger charge is -2.15. The van der Waals surface area contributed by atoms with Gasteiger partial charge >= 0.3 is 0 Å². The molecule has 3 nitrogen and oxygen atoms in total. The Morgan fingerprint density at radius 3 is 2.83 bits per heavy atom. The lowest BCUT2D eigenvalue weighted by molar-refractivity contribution is -0.129. The molecule has 1 fully saturated rings. The van der Waals surface area contributed by atoms with Crippen LogP contribution in [0.5, 0.6) is 0 Å². The van der Waals surface area contributed by atoms with Crippen LogP contribution < -0.4 is 5.32 Å². The van der Waals surface area contributed by atoms with Gasteiger partial charge in [0.25, 0.3) is 0 Å². The van der Waals surface area contributed by atoms with Gasteiger partial charge in [0.2, 0.25) is 5.91 Å². The number of amides is 1. The maximum atomic E-state index is 13.2. The van der Waals surface area contributed by atoms with Gasteiger partial charge in [-0.1, -0.05) is 23.7 Å². The third-order valence-electron chi connectivity index (χ3n) is 3.08. The highest BCUT2D eigenvalue weighted by Crippen LogP contribution is 2.19. The highest BCUT2D eigenvalue weighted by atomic mass is 35.5. The van der Waals surface area contributed by atoms with E-state index < -0.39 is 5.82 Å². The number of carbonyl (C=O) groups is 1. The van der Waals surface area contributed by atoms with Crippen molar-refractivity contribution in [3.05, 3.63) is 34.6 Å². The van der Waals surface area contributed by atoms with E-state index >= 15 is 0 Å². The number of benzene rings is 1. The smallest absolute Gasteiger partial charge is 0.236 e. The molecule has 0 radical (unpaired) electrons. The quantitative estimate of drug-likeness (QED) is 0.910. The summed E-state index contributed by atoms with van der Waals surface area (Å²) in [5, 5.41) is 3.13. The monoisotopic (exact) mass is 270 g/mol. The first-order chi connectivity index (χ1) is 8.68. The van der Waals surface area contributed by atoms with Gasteiger partial charge in [-0.05, 0) is 24.5 Å². The Labute approximate surface area is 111 Å². The van der Waals surface area contributed by atoms with E-state index in [-0.39, 0.29) is 17.5 Å². The maximum absolute atomic E-state index is 13.2. The third kappa shape index (κ3) is 3.21. The summed E-state index contributed by atoms with van der Waals surface area (Å²) in [5.74, 6) is -0.332. The van der Waals surface area contributed by atoms with Gasteiger partial charge in [0.15, 0.2) is 0 Å². The van der Waals surface area contributed by atoms with Crippen LogP contribution in [-0.4, -0.2) is 30.4 Å². The summed E-state index contributed by atoms with van der Waals surface area (Å²) in [6.45, 7) is 2.37. The summed E-state index contributed by atoms with van der Waals surface area (Å²) >= 11 is 5.83. The van der Waals surface area contributed by atoms with Gasteiger partial charge in [-0.2, -0.15) is 0 Å². The van der Waals surface area contributed by atoms with Crippen molar-refractivity contribution in [2.45, 2.75) is 19.4 Å². The first kappa shape index (κ1) is 13.3. The molecule has 98 valence electrons. The Balaban J connectivity index is 1.81. The summed E-state index contributed by atoms with van der Waals surface area (Å²) < 4.78 is 13.2.